The van der Waals surface area contributed by atoms with E-state index in [0.29, 0.717) is 48.9 Å². The number of piperazine rings is 1. The number of para-hydroxylation sites is 2. The Hall–Kier alpha value is -4.46. The predicted molar refractivity (Wildman–Crippen MR) is 160 cm³/mol. The van der Waals surface area contributed by atoms with E-state index in [1.165, 1.54) is 11.1 Å². The number of hydrogen-bond acceptors (Lipinski definition) is 5. The first kappa shape index (κ1) is 28.1. The molecule has 210 valence electrons. The molecular weight excluding hydrogens is 514 g/mol. The van der Waals surface area contributed by atoms with Crippen LogP contribution in [0.25, 0.3) is 0 Å². The van der Waals surface area contributed by atoms with Gasteiger partial charge in [0.1, 0.15) is 12.4 Å². The summed E-state index contributed by atoms with van der Waals surface area (Å²) in [6, 6.07) is 35.3. The summed E-state index contributed by atoms with van der Waals surface area (Å²) in [5, 5.41) is 2.94. The van der Waals surface area contributed by atoms with Gasteiger partial charge in [0, 0.05) is 33.3 Å². The minimum absolute atomic E-state index is 0.0962. The van der Waals surface area contributed by atoms with Crippen molar-refractivity contribution >= 4 is 17.5 Å². The van der Waals surface area contributed by atoms with Crippen molar-refractivity contribution in [2.75, 3.05) is 51.8 Å². The van der Waals surface area contributed by atoms with E-state index in [1.807, 2.05) is 35.2 Å². The lowest BCUT2D eigenvalue weighted by atomic mass is 9.96. The Morgan fingerprint density at radius 3 is 1.90 bits per heavy atom. The standard InChI is InChI=1S/C34H35N3O4/c1-40-24-25-41-31-19-11-9-17-29(31)33(38)35-30-18-10-8-16-28(30)34(39)37-22-20-36(21-23-37)32(26-12-4-2-5-13-26)27-14-6-3-7-15-27/h2-19,32H,20-25H2,1H3,(H,35,38). The quantitative estimate of drug-likeness (QED) is 0.264. The molecule has 7 heteroatoms. The fraction of sp³-hybridized carbons (Fsp3) is 0.235. The van der Waals surface area contributed by atoms with Gasteiger partial charge in [-0.1, -0.05) is 84.9 Å². The number of carbonyl (C=O) groups excluding carboxylic acids is 2. The monoisotopic (exact) mass is 549 g/mol. The molecule has 0 aromatic heterocycles. The molecule has 1 aliphatic rings. The summed E-state index contributed by atoms with van der Waals surface area (Å²) in [5.74, 6) is 0.0335. The van der Waals surface area contributed by atoms with Crippen LogP contribution in [0.5, 0.6) is 5.75 Å². The molecule has 0 saturated carbocycles. The van der Waals surface area contributed by atoms with Gasteiger partial charge in [0.05, 0.1) is 29.5 Å². The van der Waals surface area contributed by atoms with Gasteiger partial charge < -0.3 is 19.7 Å². The molecule has 0 unspecified atom stereocenters. The fourth-order valence-electron chi connectivity index (χ4n) is 5.22. The van der Waals surface area contributed by atoms with Gasteiger partial charge in [-0.25, -0.2) is 0 Å². The van der Waals surface area contributed by atoms with Crippen molar-refractivity contribution in [1.29, 1.82) is 0 Å². The van der Waals surface area contributed by atoms with Crippen LogP contribution in [0.4, 0.5) is 5.69 Å². The lowest BCUT2D eigenvalue weighted by molar-refractivity contribution is 0.0598. The van der Waals surface area contributed by atoms with E-state index < -0.39 is 0 Å². The van der Waals surface area contributed by atoms with Crippen LogP contribution in [-0.2, 0) is 4.74 Å². The molecule has 0 atom stereocenters. The Kier molecular flexibility index (Phi) is 9.41. The Morgan fingerprint density at radius 2 is 1.27 bits per heavy atom. The molecule has 4 aromatic rings. The van der Waals surface area contributed by atoms with Crippen molar-refractivity contribution in [3.05, 3.63) is 131 Å². The van der Waals surface area contributed by atoms with Crippen molar-refractivity contribution < 1.29 is 19.1 Å². The summed E-state index contributed by atoms with van der Waals surface area (Å²) in [4.78, 5) is 31.3. The first-order valence-electron chi connectivity index (χ1n) is 13.9. The summed E-state index contributed by atoms with van der Waals surface area (Å²) in [6.45, 7) is 3.40. The van der Waals surface area contributed by atoms with E-state index >= 15 is 0 Å². The molecule has 0 aliphatic carbocycles. The van der Waals surface area contributed by atoms with Gasteiger partial charge >= 0.3 is 0 Å². The molecule has 2 amide bonds. The molecule has 1 saturated heterocycles. The van der Waals surface area contributed by atoms with Crippen LogP contribution in [0.1, 0.15) is 37.9 Å². The number of benzene rings is 4. The average molecular weight is 550 g/mol. The average Bonchev–Trinajstić information content (AvgIpc) is 3.03. The van der Waals surface area contributed by atoms with Crippen LogP contribution < -0.4 is 10.1 Å². The summed E-state index contributed by atoms with van der Waals surface area (Å²) >= 11 is 0. The minimum atomic E-state index is -0.336. The van der Waals surface area contributed by atoms with Gasteiger partial charge in [-0.15, -0.1) is 0 Å². The van der Waals surface area contributed by atoms with Crippen molar-refractivity contribution in [2.24, 2.45) is 0 Å². The van der Waals surface area contributed by atoms with Gasteiger partial charge in [-0.2, -0.15) is 0 Å². The van der Waals surface area contributed by atoms with Crippen molar-refractivity contribution in [1.82, 2.24) is 9.80 Å². The number of methoxy groups -OCH3 is 1. The highest BCUT2D eigenvalue weighted by molar-refractivity contribution is 6.10. The number of nitrogens with one attached hydrogen (secondary N) is 1. The van der Waals surface area contributed by atoms with E-state index in [-0.39, 0.29) is 17.9 Å². The number of hydrogen-bond donors (Lipinski definition) is 1. The van der Waals surface area contributed by atoms with Crippen LogP contribution in [0.2, 0.25) is 0 Å². The van der Waals surface area contributed by atoms with Crippen molar-refractivity contribution in [3.63, 3.8) is 0 Å². The molecule has 0 spiro atoms. The van der Waals surface area contributed by atoms with Crippen molar-refractivity contribution in [3.8, 4) is 5.75 Å². The van der Waals surface area contributed by atoms with Gasteiger partial charge in [0.25, 0.3) is 11.8 Å². The summed E-state index contributed by atoms with van der Waals surface area (Å²) in [7, 11) is 1.60. The Bertz CT molecular complexity index is 1400. The SMILES string of the molecule is COCCOc1ccccc1C(=O)Nc1ccccc1C(=O)N1CCN(C(c2ccccc2)c2ccccc2)CC1. The molecule has 4 aromatic carbocycles. The van der Waals surface area contributed by atoms with Crippen LogP contribution in [-0.4, -0.2) is 68.1 Å². The zero-order valence-electron chi connectivity index (χ0n) is 23.2. The normalized spacial score (nSPS) is 13.7. The van der Waals surface area contributed by atoms with Gasteiger partial charge in [-0.05, 0) is 35.4 Å². The van der Waals surface area contributed by atoms with E-state index in [2.05, 4.69) is 58.7 Å². The van der Waals surface area contributed by atoms with E-state index in [4.69, 9.17) is 9.47 Å². The first-order chi connectivity index (χ1) is 20.2. The summed E-state index contributed by atoms with van der Waals surface area (Å²) in [6.07, 6.45) is 0. The molecular formula is C34H35N3O4. The number of amides is 2. The number of rotatable bonds is 10. The van der Waals surface area contributed by atoms with Crippen LogP contribution in [0, 0.1) is 0 Å². The van der Waals surface area contributed by atoms with Crippen molar-refractivity contribution in [2.45, 2.75) is 6.04 Å². The molecule has 0 bridgehead atoms. The van der Waals surface area contributed by atoms with Crippen LogP contribution in [0.3, 0.4) is 0 Å². The third-order valence-electron chi connectivity index (χ3n) is 7.28. The summed E-state index contributed by atoms with van der Waals surface area (Å²) < 4.78 is 10.8. The van der Waals surface area contributed by atoms with E-state index in [0.717, 1.165) is 13.1 Å². The Morgan fingerprint density at radius 1 is 0.707 bits per heavy atom. The predicted octanol–water partition coefficient (Wildman–Crippen LogP) is 5.51. The smallest absolute Gasteiger partial charge is 0.259 e. The first-order valence-corrected chi connectivity index (χ1v) is 13.9. The number of carbonyl (C=O) groups is 2. The third-order valence-corrected chi connectivity index (χ3v) is 7.28. The highest BCUT2D eigenvalue weighted by atomic mass is 16.5. The second kappa shape index (κ2) is 13.7. The highest BCUT2D eigenvalue weighted by Crippen LogP contribution is 2.30. The Balaban J connectivity index is 1.28. The molecule has 5 rings (SSSR count). The molecule has 1 N–H and O–H groups in total. The molecule has 41 heavy (non-hydrogen) atoms. The second-order valence-electron chi connectivity index (χ2n) is 9.89. The van der Waals surface area contributed by atoms with E-state index in [9.17, 15) is 9.59 Å². The lowest BCUT2D eigenvalue weighted by Crippen LogP contribution is -2.50. The number of anilines is 1. The van der Waals surface area contributed by atoms with Gasteiger partial charge in [0.15, 0.2) is 0 Å². The van der Waals surface area contributed by atoms with Crippen LogP contribution in [0.15, 0.2) is 109 Å². The number of ether oxygens (including phenoxy) is 2. The number of nitrogens with zero attached hydrogens (tertiary/aromatic N) is 2. The largest absolute Gasteiger partial charge is 0.490 e. The second-order valence-corrected chi connectivity index (χ2v) is 9.89. The maximum absolute atomic E-state index is 13.7. The maximum atomic E-state index is 13.7. The Labute approximate surface area is 241 Å². The zero-order chi connectivity index (χ0) is 28.4. The molecule has 1 fully saturated rings. The summed E-state index contributed by atoms with van der Waals surface area (Å²) in [5.41, 5.74) is 3.81. The molecule has 1 heterocycles. The molecule has 0 radical (unpaired) electrons. The van der Waals surface area contributed by atoms with Gasteiger partial charge in [-0.3, -0.25) is 14.5 Å². The maximum Gasteiger partial charge on any atom is 0.259 e. The lowest BCUT2D eigenvalue weighted by Gasteiger charge is -2.40. The van der Waals surface area contributed by atoms with E-state index in [1.54, 1.807) is 37.4 Å². The van der Waals surface area contributed by atoms with Gasteiger partial charge in [0.2, 0.25) is 0 Å². The zero-order valence-corrected chi connectivity index (χ0v) is 23.2. The topological polar surface area (TPSA) is 71.1 Å². The van der Waals surface area contributed by atoms with Crippen LogP contribution >= 0.6 is 0 Å². The third kappa shape index (κ3) is 6.82. The minimum Gasteiger partial charge on any atom is -0.490 e. The highest BCUT2D eigenvalue weighted by Gasteiger charge is 2.29. The molecule has 1 aliphatic heterocycles. The fourth-order valence-corrected chi connectivity index (χ4v) is 5.22. The molecule has 7 nitrogen and oxygen atoms in total.